The molecule has 0 aliphatic carbocycles. The number of ether oxygens (including phenoxy) is 1. The molecular weight excluding hydrogens is 509 g/mol. The molecule has 1 unspecified atom stereocenters. The summed E-state index contributed by atoms with van der Waals surface area (Å²) in [4.78, 5) is 29.6. The zero-order valence-corrected chi connectivity index (χ0v) is 22.8. The number of alkyl halides is 3. The molecule has 8 nitrogen and oxygen atoms in total. The van der Waals surface area contributed by atoms with Gasteiger partial charge in [0.25, 0.3) is 0 Å². The maximum Gasteiger partial charge on any atom is 0.433 e. The van der Waals surface area contributed by atoms with Crippen LogP contribution in [0.5, 0.6) is 0 Å². The maximum absolute atomic E-state index is 13.1. The second kappa shape index (κ2) is 10.9. The molecule has 3 aromatic heterocycles. The number of nitrogens with one attached hydrogen (secondary N) is 2. The number of halogens is 3. The Morgan fingerprint density at radius 3 is 2.46 bits per heavy atom. The van der Waals surface area contributed by atoms with Gasteiger partial charge in [0.1, 0.15) is 5.69 Å². The minimum Gasteiger partial charge on any atom is -0.373 e. The van der Waals surface area contributed by atoms with Gasteiger partial charge in [-0.1, -0.05) is 0 Å². The number of hydrogen-bond acceptors (Lipinski definition) is 7. The van der Waals surface area contributed by atoms with E-state index in [4.69, 9.17) is 4.74 Å². The number of carbonyl (C=O) groups excluding carboxylic acids is 1. The van der Waals surface area contributed by atoms with Crippen LogP contribution < -0.4 is 10.6 Å². The largest absolute Gasteiger partial charge is 0.433 e. The van der Waals surface area contributed by atoms with Gasteiger partial charge in [-0.25, -0.2) is 9.97 Å². The minimum absolute atomic E-state index is 0.0835. The topological polar surface area (TPSA) is 102 Å². The molecule has 3 aromatic rings. The lowest BCUT2D eigenvalue weighted by atomic mass is 9.88. The summed E-state index contributed by atoms with van der Waals surface area (Å²) in [5.41, 5.74) is 1.71. The van der Waals surface area contributed by atoms with Crippen molar-refractivity contribution in [1.82, 2.24) is 25.3 Å². The van der Waals surface area contributed by atoms with Crippen molar-refractivity contribution in [2.75, 3.05) is 11.9 Å². The number of amides is 1. The molecule has 1 saturated heterocycles. The van der Waals surface area contributed by atoms with E-state index in [9.17, 15) is 18.0 Å². The molecule has 0 spiro atoms. The van der Waals surface area contributed by atoms with Crippen LogP contribution in [0.3, 0.4) is 0 Å². The van der Waals surface area contributed by atoms with E-state index in [0.717, 1.165) is 17.8 Å². The third-order valence-corrected chi connectivity index (χ3v) is 6.64. The van der Waals surface area contributed by atoms with Crippen LogP contribution in [-0.2, 0) is 15.7 Å². The first-order chi connectivity index (χ1) is 18.2. The number of rotatable bonds is 7. The highest BCUT2D eigenvalue weighted by Crippen LogP contribution is 2.34. The van der Waals surface area contributed by atoms with Gasteiger partial charge in [-0.15, -0.1) is 0 Å². The fourth-order valence-electron chi connectivity index (χ4n) is 4.83. The van der Waals surface area contributed by atoms with Crippen molar-refractivity contribution in [2.45, 2.75) is 71.4 Å². The number of aromatic nitrogens is 4. The number of carbonyl (C=O) groups is 1. The van der Waals surface area contributed by atoms with E-state index in [1.54, 1.807) is 18.5 Å². The quantitative estimate of drug-likeness (QED) is 0.408. The summed E-state index contributed by atoms with van der Waals surface area (Å²) in [6.45, 7) is 12.1. The molecule has 2 N–H and O–H groups in total. The van der Waals surface area contributed by atoms with E-state index < -0.39 is 17.8 Å². The predicted octanol–water partition coefficient (Wildman–Crippen LogP) is 5.47. The second-order valence-corrected chi connectivity index (χ2v) is 10.8. The van der Waals surface area contributed by atoms with Gasteiger partial charge in [-0.05, 0) is 76.9 Å². The van der Waals surface area contributed by atoms with Crippen molar-refractivity contribution in [3.8, 4) is 11.1 Å². The molecule has 11 heteroatoms. The highest BCUT2D eigenvalue weighted by molar-refractivity contribution is 5.86. The molecule has 4 heterocycles. The number of pyridine rings is 2. The molecular formula is C28H33F3N6O2. The first-order valence-electron chi connectivity index (χ1n) is 12.8. The average Bonchev–Trinajstić information content (AvgIpc) is 3.24. The van der Waals surface area contributed by atoms with E-state index in [1.807, 2.05) is 47.6 Å². The summed E-state index contributed by atoms with van der Waals surface area (Å²) in [6, 6.07) is 5.79. The van der Waals surface area contributed by atoms with Crippen LogP contribution in [0.15, 0.2) is 42.9 Å². The second-order valence-electron chi connectivity index (χ2n) is 10.8. The van der Waals surface area contributed by atoms with Crippen LogP contribution in [0.4, 0.5) is 19.1 Å². The van der Waals surface area contributed by atoms with E-state index in [1.165, 1.54) is 6.07 Å². The Bertz CT molecular complexity index is 1340. The fraction of sp³-hybridized carbons (Fsp3) is 0.464. The Hall–Kier alpha value is -3.60. The summed E-state index contributed by atoms with van der Waals surface area (Å²) in [6.07, 6.45) is -0.386. The van der Waals surface area contributed by atoms with Gasteiger partial charge in [0, 0.05) is 36.6 Å². The number of nitrogens with zero attached hydrogens (tertiary/aromatic N) is 4. The van der Waals surface area contributed by atoms with Crippen LogP contribution in [0.25, 0.3) is 11.1 Å². The van der Waals surface area contributed by atoms with Gasteiger partial charge in [0.15, 0.2) is 0 Å². The zero-order valence-electron chi connectivity index (χ0n) is 22.8. The smallest absolute Gasteiger partial charge is 0.373 e. The fourth-order valence-corrected chi connectivity index (χ4v) is 4.83. The Balaban J connectivity index is 1.52. The summed E-state index contributed by atoms with van der Waals surface area (Å²) in [5.74, 6) is -0.308. The molecule has 1 fully saturated rings. The van der Waals surface area contributed by atoms with Crippen LogP contribution >= 0.6 is 0 Å². The van der Waals surface area contributed by atoms with Gasteiger partial charge in [-0.2, -0.15) is 13.2 Å². The normalized spacial score (nSPS) is 19.5. The molecule has 39 heavy (non-hydrogen) atoms. The Labute approximate surface area is 225 Å². The summed E-state index contributed by atoms with van der Waals surface area (Å²) < 4.78 is 45.5. The van der Waals surface area contributed by atoms with Gasteiger partial charge in [0.05, 0.1) is 35.1 Å². The number of hydrogen-bond donors (Lipinski definition) is 2. The van der Waals surface area contributed by atoms with Gasteiger partial charge in [-0.3, -0.25) is 14.8 Å². The highest BCUT2D eigenvalue weighted by Gasteiger charge is 2.41. The third-order valence-electron chi connectivity index (χ3n) is 6.64. The summed E-state index contributed by atoms with van der Waals surface area (Å²) in [7, 11) is 0. The minimum atomic E-state index is -4.53. The van der Waals surface area contributed by atoms with E-state index in [2.05, 4.69) is 30.6 Å². The first-order valence-corrected chi connectivity index (χ1v) is 12.8. The van der Waals surface area contributed by atoms with E-state index in [-0.39, 0.29) is 29.6 Å². The summed E-state index contributed by atoms with van der Waals surface area (Å²) in [5, 5.41) is 6.16. The van der Waals surface area contributed by atoms with Crippen LogP contribution in [0.2, 0.25) is 0 Å². The van der Waals surface area contributed by atoms with Crippen molar-refractivity contribution < 1.29 is 22.7 Å². The van der Waals surface area contributed by atoms with Crippen LogP contribution in [-0.4, -0.2) is 44.1 Å². The number of aryl methyl sites for hydroxylation is 1. The molecule has 0 bridgehead atoms. The van der Waals surface area contributed by atoms with Gasteiger partial charge >= 0.3 is 6.18 Å². The highest BCUT2D eigenvalue weighted by atomic mass is 19.4. The SMILES string of the molecule is Cc1cc([C@H](C)Nc2nccc([C@@H]3C(=O)NCC3[C@@H](C)OC(C)(C)C)n2)ncc1-c1ccnc(C(F)(F)F)c1. The van der Waals surface area contributed by atoms with Crippen LogP contribution in [0.1, 0.15) is 69.2 Å². The molecule has 1 aliphatic heterocycles. The van der Waals surface area contributed by atoms with Crippen molar-refractivity contribution in [2.24, 2.45) is 5.92 Å². The Morgan fingerprint density at radius 2 is 1.79 bits per heavy atom. The molecule has 4 atom stereocenters. The van der Waals surface area contributed by atoms with E-state index in [0.29, 0.717) is 35.0 Å². The molecule has 208 valence electrons. The van der Waals surface area contributed by atoms with Crippen LogP contribution in [0, 0.1) is 12.8 Å². The molecule has 0 aromatic carbocycles. The third kappa shape index (κ3) is 6.70. The average molecular weight is 543 g/mol. The molecule has 4 rings (SSSR count). The molecule has 0 saturated carbocycles. The molecule has 0 radical (unpaired) electrons. The zero-order chi connectivity index (χ0) is 28.5. The molecule has 1 amide bonds. The monoisotopic (exact) mass is 542 g/mol. The van der Waals surface area contributed by atoms with Crippen molar-refractivity contribution >= 4 is 11.9 Å². The lowest BCUT2D eigenvalue weighted by molar-refractivity contribution is -0.141. The van der Waals surface area contributed by atoms with Gasteiger partial charge < -0.3 is 15.4 Å². The van der Waals surface area contributed by atoms with Crippen molar-refractivity contribution in [3.63, 3.8) is 0 Å². The summed E-state index contributed by atoms with van der Waals surface area (Å²) >= 11 is 0. The number of anilines is 1. The maximum atomic E-state index is 13.1. The Kier molecular flexibility index (Phi) is 7.92. The Morgan fingerprint density at radius 1 is 1.08 bits per heavy atom. The van der Waals surface area contributed by atoms with Crippen molar-refractivity contribution in [1.29, 1.82) is 0 Å². The lowest BCUT2D eigenvalue weighted by Gasteiger charge is -2.30. The lowest BCUT2D eigenvalue weighted by Crippen LogP contribution is -2.34. The van der Waals surface area contributed by atoms with E-state index >= 15 is 0 Å². The predicted molar refractivity (Wildman–Crippen MR) is 141 cm³/mol. The molecule has 1 aliphatic rings. The van der Waals surface area contributed by atoms with Gasteiger partial charge in [0.2, 0.25) is 11.9 Å². The van der Waals surface area contributed by atoms with Crippen molar-refractivity contribution in [3.05, 3.63) is 65.5 Å². The first kappa shape index (κ1) is 28.4. The standard InChI is InChI=1S/C28H33F3N6O2/c1-15-11-22(34-13-19(15)18-7-9-32-23(12-18)28(29,30)31)16(2)36-26-33-10-8-21(37-26)24-20(14-35-25(24)38)17(3)39-27(4,5)6/h7-13,16-17,20,24H,14H2,1-6H3,(H,35,38)(H,33,36,37)/t16-,17+,20?,24+/m0/s1.